The van der Waals surface area contributed by atoms with Crippen molar-refractivity contribution in [1.82, 2.24) is 36.0 Å². The van der Waals surface area contributed by atoms with E-state index in [0.29, 0.717) is 25.8 Å². The van der Waals surface area contributed by atoms with Gasteiger partial charge in [0.1, 0.15) is 23.7 Å². The third-order valence-corrected chi connectivity index (χ3v) is 14.3. The van der Waals surface area contributed by atoms with Gasteiger partial charge in [-0.3, -0.25) is 28.9 Å². The fourth-order valence-electron chi connectivity index (χ4n) is 9.99. The second-order valence-corrected chi connectivity index (χ2v) is 21.7. The molecule has 15 nitrogen and oxygen atoms in total. The van der Waals surface area contributed by atoms with Gasteiger partial charge in [0, 0.05) is 39.8 Å². The molecule has 15 heteroatoms. The Morgan fingerprint density at radius 3 is 2.17 bits per heavy atom. The van der Waals surface area contributed by atoms with Crippen LogP contribution in [0.4, 0.5) is 4.79 Å². The van der Waals surface area contributed by atoms with E-state index in [1.54, 1.807) is 34.8 Å². The predicted octanol–water partition coefficient (Wildman–Crippen LogP) is 5.76. The van der Waals surface area contributed by atoms with Gasteiger partial charge in [-0.2, -0.15) is 0 Å². The fourth-order valence-corrected chi connectivity index (χ4v) is 9.99. The Morgan fingerprint density at radius 2 is 1.52 bits per heavy atom. The number of fused-ring (bicyclic) bond motifs is 2. The van der Waals surface area contributed by atoms with Crippen molar-refractivity contribution in [2.24, 2.45) is 10.8 Å². The number of nitrogens with zero attached hydrogens (tertiary/aromatic N) is 3. The summed E-state index contributed by atoms with van der Waals surface area (Å²) in [4.78, 5) is 90.8. The molecule has 0 radical (unpaired) electrons. The SMILES string of the molecule is COC[C@H](c1ccccc1)N(CC1(C(=O)N[C@H]2C[C@@H](C(=O)N[C@@H]3CCCc4ccccc43)N(C(=O)[C@@H](NC(=O)[C@H](C)N(C)C(=O)OC(C)(C)C)C(C)(C)C)C2)CC1)C(=O)[C@@H]1Cc2ccccc2CN1. The van der Waals surface area contributed by atoms with Crippen molar-refractivity contribution in [3.8, 4) is 0 Å². The van der Waals surface area contributed by atoms with Crippen molar-refractivity contribution in [3.63, 3.8) is 0 Å². The summed E-state index contributed by atoms with van der Waals surface area (Å²) in [6.45, 7) is 13.2. The number of nitrogens with one attached hydrogen (secondary N) is 4. The van der Waals surface area contributed by atoms with Crippen LogP contribution in [0.2, 0.25) is 0 Å². The van der Waals surface area contributed by atoms with Gasteiger partial charge in [-0.15, -0.1) is 0 Å². The molecule has 1 saturated heterocycles. The van der Waals surface area contributed by atoms with E-state index in [2.05, 4.69) is 39.5 Å². The lowest BCUT2D eigenvalue weighted by Crippen LogP contribution is -2.60. The van der Waals surface area contributed by atoms with Gasteiger partial charge in [0.15, 0.2) is 0 Å². The molecular formula is C54H73N7O8. The summed E-state index contributed by atoms with van der Waals surface area (Å²) in [5, 5.41) is 12.9. The van der Waals surface area contributed by atoms with Crippen LogP contribution in [0.1, 0.15) is 120 Å². The molecule has 1 saturated carbocycles. The molecule has 2 fully saturated rings. The predicted molar refractivity (Wildman–Crippen MR) is 262 cm³/mol. The van der Waals surface area contributed by atoms with E-state index in [1.807, 2.05) is 86.3 Å². The molecule has 0 unspecified atom stereocenters. The Bertz CT molecular complexity index is 2360. The molecule has 6 amide bonds. The summed E-state index contributed by atoms with van der Waals surface area (Å²) in [5.74, 6) is -1.75. The average molecular weight is 948 g/mol. The number of carbonyl (C=O) groups is 6. The van der Waals surface area contributed by atoms with Gasteiger partial charge in [-0.05, 0) is 106 Å². The van der Waals surface area contributed by atoms with Crippen molar-refractivity contribution in [1.29, 1.82) is 0 Å². The van der Waals surface area contributed by atoms with Gasteiger partial charge in [0.05, 0.1) is 30.1 Å². The fraction of sp³-hybridized carbons (Fsp3) is 0.556. The third-order valence-electron chi connectivity index (χ3n) is 14.3. The summed E-state index contributed by atoms with van der Waals surface area (Å²) in [7, 11) is 3.08. The molecule has 0 bridgehead atoms. The Kier molecular flexibility index (Phi) is 15.6. The summed E-state index contributed by atoms with van der Waals surface area (Å²) in [6.07, 6.45) is 3.60. The summed E-state index contributed by atoms with van der Waals surface area (Å²) >= 11 is 0. The number of benzene rings is 3. The smallest absolute Gasteiger partial charge is 0.410 e. The minimum Gasteiger partial charge on any atom is -0.444 e. The van der Waals surface area contributed by atoms with Crippen LogP contribution >= 0.6 is 0 Å². The van der Waals surface area contributed by atoms with Gasteiger partial charge in [0.2, 0.25) is 29.5 Å². The van der Waals surface area contributed by atoms with Gasteiger partial charge >= 0.3 is 6.09 Å². The highest BCUT2D eigenvalue weighted by Gasteiger charge is 2.55. The molecule has 0 aromatic heterocycles. The lowest BCUT2D eigenvalue weighted by Gasteiger charge is -2.38. The monoisotopic (exact) mass is 948 g/mol. The average Bonchev–Trinajstić information content (AvgIpc) is 4.00. The Balaban J connectivity index is 1.14. The molecule has 2 heterocycles. The first-order valence-electron chi connectivity index (χ1n) is 24.6. The number of rotatable bonds is 15. The molecule has 0 spiro atoms. The van der Waals surface area contributed by atoms with Crippen LogP contribution in [0.3, 0.4) is 0 Å². The standard InChI is InChI=1S/C54H73N7O8/c1-34(59(8)51(67)69-53(5,6)7)46(62)58-45(52(2,3)4)49(65)60-31-39(29-43(60)47(63)57-41-25-17-23-35-18-15-16-24-40(35)41)56-50(66)54(26-27-54)33-61(44(32-68-9)36-19-11-10-12-20-36)48(64)42-28-37-21-13-14-22-38(37)30-55-42/h10-16,18-22,24,34,39,41-45,55H,17,23,25-33H2,1-9H3,(H,56,66)(H,57,63)(H,58,62)/t34-,39-,41+,42-,43-,44+,45+/m0/s1. The number of aryl methyl sites for hydroxylation is 1. The van der Waals surface area contributed by atoms with Crippen LogP contribution in [0.15, 0.2) is 78.9 Å². The molecule has 3 aromatic rings. The van der Waals surface area contributed by atoms with Crippen LogP contribution in [0.25, 0.3) is 0 Å². The second kappa shape index (κ2) is 21.1. The molecule has 2 aliphatic heterocycles. The quantitative estimate of drug-likeness (QED) is 0.148. The summed E-state index contributed by atoms with van der Waals surface area (Å²) in [5.41, 5.74) is 2.84. The normalized spacial score (nSPS) is 21.8. The molecule has 3 aromatic carbocycles. The van der Waals surface area contributed by atoms with Crippen molar-refractivity contribution < 1.29 is 38.2 Å². The number of methoxy groups -OCH3 is 1. The molecule has 7 atom stereocenters. The molecule has 4 N–H and O–H groups in total. The Hall–Kier alpha value is -5.80. The van der Waals surface area contributed by atoms with Crippen molar-refractivity contribution in [2.75, 3.05) is 33.9 Å². The van der Waals surface area contributed by atoms with Crippen LogP contribution in [-0.4, -0.2) is 120 Å². The topological polar surface area (TPSA) is 179 Å². The van der Waals surface area contributed by atoms with E-state index in [4.69, 9.17) is 9.47 Å². The first-order valence-corrected chi connectivity index (χ1v) is 24.6. The zero-order valence-corrected chi connectivity index (χ0v) is 41.9. The van der Waals surface area contributed by atoms with Gasteiger partial charge < -0.3 is 40.5 Å². The Morgan fingerprint density at radius 1 is 0.870 bits per heavy atom. The molecule has 372 valence electrons. The van der Waals surface area contributed by atoms with Gasteiger partial charge in [0.25, 0.3) is 0 Å². The van der Waals surface area contributed by atoms with Gasteiger partial charge in [-0.25, -0.2) is 4.79 Å². The first kappa shape index (κ1) is 51.1. The lowest BCUT2D eigenvalue weighted by molar-refractivity contribution is -0.144. The van der Waals surface area contributed by atoms with Crippen molar-refractivity contribution in [3.05, 3.63) is 107 Å². The number of ether oxygens (including phenoxy) is 2. The number of amides is 6. The highest BCUT2D eigenvalue weighted by molar-refractivity contribution is 5.95. The summed E-state index contributed by atoms with van der Waals surface area (Å²) in [6, 6.07) is 21.0. The largest absolute Gasteiger partial charge is 0.444 e. The second-order valence-electron chi connectivity index (χ2n) is 21.7. The van der Waals surface area contributed by atoms with E-state index >= 15 is 4.79 Å². The number of likely N-dealkylation sites (N-methyl/N-ethyl adjacent to an activating group) is 1. The van der Waals surface area contributed by atoms with Crippen LogP contribution in [0.5, 0.6) is 0 Å². The number of hydrogen-bond acceptors (Lipinski definition) is 9. The number of carbonyl (C=O) groups excluding carboxylic acids is 6. The first-order chi connectivity index (χ1) is 32.7. The van der Waals surface area contributed by atoms with E-state index in [-0.39, 0.29) is 49.9 Å². The molecular weight excluding hydrogens is 875 g/mol. The maximum atomic E-state index is 15.1. The minimum absolute atomic E-state index is 0.0141. The minimum atomic E-state index is -1.11. The maximum absolute atomic E-state index is 15.1. The van der Waals surface area contributed by atoms with E-state index in [1.165, 1.54) is 22.4 Å². The number of hydrogen-bond donors (Lipinski definition) is 4. The lowest BCUT2D eigenvalue weighted by atomic mass is 9.85. The molecule has 2 aliphatic carbocycles. The summed E-state index contributed by atoms with van der Waals surface area (Å²) < 4.78 is 11.3. The third kappa shape index (κ3) is 12.0. The van der Waals surface area contributed by atoms with E-state index < -0.39 is 70.6 Å². The van der Waals surface area contributed by atoms with E-state index in [9.17, 15) is 24.0 Å². The van der Waals surface area contributed by atoms with Crippen LogP contribution < -0.4 is 21.3 Å². The highest BCUT2D eigenvalue weighted by atomic mass is 16.6. The highest BCUT2D eigenvalue weighted by Crippen LogP contribution is 2.48. The molecule has 4 aliphatic rings. The van der Waals surface area contributed by atoms with Crippen molar-refractivity contribution in [2.45, 2.75) is 148 Å². The van der Waals surface area contributed by atoms with Gasteiger partial charge in [-0.1, -0.05) is 99.6 Å². The molecule has 69 heavy (non-hydrogen) atoms. The van der Waals surface area contributed by atoms with Crippen molar-refractivity contribution >= 4 is 35.6 Å². The van der Waals surface area contributed by atoms with Crippen LogP contribution in [-0.2, 0) is 52.8 Å². The van der Waals surface area contributed by atoms with E-state index in [0.717, 1.165) is 41.5 Å². The van der Waals surface area contributed by atoms with Crippen LogP contribution in [0, 0.1) is 10.8 Å². The zero-order valence-electron chi connectivity index (χ0n) is 41.9. The zero-order chi connectivity index (χ0) is 49.8. The Labute approximate surface area is 407 Å². The number of likely N-dealkylation sites (tertiary alicyclic amines) is 1. The maximum Gasteiger partial charge on any atom is 0.410 e. The molecule has 7 rings (SSSR count).